The number of nitrogens with zero attached hydrogens (tertiary/aromatic N) is 2. The summed E-state index contributed by atoms with van der Waals surface area (Å²) >= 11 is 0. The third-order valence-electron chi connectivity index (χ3n) is 4.82. The number of anilines is 5. The van der Waals surface area contributed by atoms with Crippen molar-refractivity contribution in [1.82, 2.24) is 9.97 Å². The zero-order valence-electron chi connectivity index (χ0n) is 17.7. The number of aromatic nitrogens is 2. The topological polar surface area (TPSA) is 125 Å². The highest BCUT2D eigenvalue weighted by molar-refractivity contribution is 7.92. The second-order valence-electron chi connectivity index (χ2n) is 7.56. The fraction of sp³-hybridized carbons (Fsp3) is 0.190. The van der Waals surface area contributed by atoms with E-state index in [4.69, 9.17) is 0 Å². The van der Waals surface area contributed by atoms with E-state index in [1.54, 1.807) is 30.3 Å². The Labute approximate surface area is 192 Å². The summed E-state index contributed by atoms with van der Waals surface area (Å²) in [6, 6.07) is 11.3. The van der Waals surface area contributed by atoms with Crippen LogP contribution in [-0.4, -0.2) is 30.5 Å². The number of alkyl halides is 3. The normalized spacial score (nSPS) is 13.2. The van der Waals surface area contributed by atoms with E-state index in [0.29, 0.717) is 28.7 Å². The predicted octanol–water partition coefficient (Wildman–Crippen LogP) is 3.72. The Hall–Kier alpha value is -3.87. The first-order valence-electron chi connectivity index (χ1n) is 9.91. The monoisotopic (exact) mass is 492 g/mol. The lowest BCUT2D eigenvalue weighted by Gasteiger charge is -2.16. The quantitative estimate of drug-likeness (QED) is 0.396. The average Bonchev–Trinajstić information content (AvgIpc) is 3.12. The lowest BCUT2D eigenvalue weighted by atomic mass is 10.1. The minimum Gasteiger partial charge on any atom is -0.365 e. The fourth-order valence-electron chi connectivity index (χ4n) is 3.42. The largest absolute Gasteiger partial charge is 0.421 e. The maximum atomic E-state index is 13.5. The molecule has 4 rings (SSSR count). The van der Waals surface area contributed by atoms with Gasteiger partial charge in [-0.25, -0.2) is 13.4 Å². The molecule has 4 N–H and O–H groups in total. The van der Waals surface area contributed by atoms with E-state index in [9.17, 15) is 26.4 Å². The zero-order chi connectivity index (χ0) is 24.5. The van der Waals surface area contributed by atoms with Gasteiger partial charge in [0.05, 0.1) is 12.7 Å². The summed E-state index contributed by atoms with van der Waals surface area (Å²) in [5, 5.41) is 8.23. The molecule has 0 bridgehead atoms. The maximum Gasteiger partial charge on any atom is 0.421 e. The van der Waals surface area contributed by atoms with Gasteiger partial charge in [0.25, 0.3) is 0 Å². The van der Waals surface area contributed by atoms with E-state index < -0.39 is 27.6 Å². The van der Waals surface area contributed by atoms with Crippen molar-refractivity contribution in [1.29, 1.82) is 0 Å². The maximum absolute atomic E-state index is 13.5. The third kappa shape index (κ3) is 5.54. The second-order valence-corrected chi connectivity index (χ2v) is 9.31. The SMILES string of the molecule is CS(=O)(=O)Nc1cccc(CNc2nc(Nc3cccc4c3CC(=O)N4)ncc2C(F)(F)F)c1. The summed E-state index contributed by atoms with van der Waals surface area (Å²) < 4.78 is 65.8. The van der Waals surface area contributed by atoms with Gasteiger partial charge in [0, 0.05) is 35.4 Å². The van der Waals surface area contributed by atoms with E-state index in [1.807, 2.05) is 0 Å². The molecule has 1 amide bonds. The molecular weight excluding hydrogens is 473 g/mol. The first-order chi connectivity index (χ1) is 16.0. The molecule has 1 aliphatic heterocycles. The molecule has 2 heterocycles. The van der Waals surface area contributed by atoms with E-state index >= 15 is 0 Å². The molecule has 0 radical (unpaired) electrons. The first-order valence-corrected chi connectivity index (χ1v) is 11.8. The number of amides is 1. The van der Waals surface area contributed by atoms with Crippen LogP contribution < -0.4 is 20.7 Å². The number of carbonyl (C=O) groups excluding carboxylic acids is 1. The number of fused-ring (bicyclic) bond motifs is 1. The number of rotatable bonds is 7. The molecule has 0 aliphatic carbocycles. The molecule has 1 aromatic heterocycles. The Kier molecular flexibility index (Phi) is 6.04. The van der Waals surface area contributed by atoms with Crippen molar-refractivity contribution in [2.24, 2.45) is 0 Å². The van der Waals surface area contributed by atoms with Crippen molar-refractivity contribution in [3.05, 3.63) is 65.4 Å². The second kappa shape index (κ2) is 8.82. The number of hydrogen-bond acceptors (Lipinski definition) is 7. The molecule has 2 aromatic carbocycles. The number of nitrogens with one attached hydrogen (secondary N) is 4. The molecular formula is C21H19F3N6O3S. The molecule has 0 unspecified atom stereocenters. The van der Waals surface area contributed by atoms with Crippen LogP contribution in [0.4, 0.5) is 42.0 Å². The molecule has 178 valence electrons. The summed E-state index contributed by atoms with van der Waals surface area (Å²) in [4.78, 5) is 19.5. The van der Waals surface area contributed by atoms with Gasteiger partial charge in [-0.3, -0.25) is 9.52 Å². The molecule has 1 aliphatic rings. The molecule has 13 heteroatoms. The summed E-state index contributed by atoms with van der Waals surface area (Å²) in [7, 11) is -3.50. The molecule has 0 saturated heterocycles. The first kappa shape index (κ1) is 23.3. The molecule has 34 heavy (non-hydrogen) atoms. The minimum absolute atomic E-state index is 0.0576. The van der Waals surface area contributed by atoms with Crippen LogP contribution in [0.15, 0.2) is 48.7 Å². The van der Waals surface area contributed by atoms with Gasteiger partial charge < -0.3 is 16.0 Å². The molecule has 0 fully saturated rings. The van der Waals surface area contributed by atoms with Crippen molar-refractivity contribution in [3.8, 4) is 0 Å². The summed E-state index contributed by atoms with van der Waals surface area (Å²) in [6.45, 7) is -0.0576. The summed E-state index contributed by atoms with van der Waals surface area (Å²) in [6.07, 6.45) is -2.91. The van der Waals surface area contributed by atoms with Gasteiger partial charge >= 0.3 is 6.18 Å². The van der Waals surface area contributed by atoms with Gasteiger partial charge in [0.1, 0.15) is 11.4 Å². The minimum atomic E-state index is -4.70. The Morgan fingerprint density at radius 1 is 1.15 bits per heavy atom. The summed E-state index contributed by atoms with van der Waals surface area (Å²) in [5.41, 5.74) is 1.53. The molecule has 0 spiro atoms. The van der Waals surface area contributed by atoms with Crippen molar-refractivity contribution >= 4 is 44.8 Å². The lowest BCUT2D eigenvalue weighted by Crippen LogP contribution is -2.15. The van der Waals surface area contributed by atoms with E-state index in [-0.39, 0.29) is 30.5 Å². The smallest absolute Gasteiger partial charge is 0.365 e. The van der Waals surface area contributed by atoms with Gasteiger partial charge in [-0.1, -0.05) is 18.2 Å². The van der Waals surface area contributed by atoms with Crippen molar-refractivity contribution in [3.63, 3.8) is 0 Å². The highest BCUT2D eigenvalue weighted by Crippen LogP contribution is 2.35. The van der Waals surface area contributed by atoms with Gasteiger partial charge in [-0.05, 0) is 29.8 Å². The van der Waals surface area contributed by atoms with Gasteiger partial charge in [0.2, 0.25) is 21.9 Å². The predicted molar refractivity (Wildman–Crippen MR) is 121 cm³/mol. The number of sulfonamides is 1. The molecule has 0 atom stereocenters. The number of benzene rings is 2. The Morgan fingerprint density at radius 2 is 1.91 bits per heavy atom. The number of hydrogen-bond donors (Lipinski definition) is 4. The highest BCUT2D eigenvalue weighted by atomic mass is 32.2. The van der Waals surface area contributed by atoms with Crippen molar-refractivity contribution < 1.29 is 26.4 Å². The van der Waals surface area contributed by atoms with E-state index in [0.717, 1.165) is 6.26 Å². The number of halogens is 3. The van der Waals surface area contributed by atoms with Crippen LogP contribution in [0.1, 0.15) is 16.7 Å². The van der Waals surface area contributed by atoms with Gasteiger partial charge in [0.15, 0.2) is 0 Å². The van der Waals surface area contributed by atoms with Crippen LogP contribution in [0, 0.1) is 0 Å². The van der Waals surface area contributed by atoms with Crippen LogP contribution in [0.3, 0.4) is 0 Å². The van der Waals surface area contributed by atoms with Crippen LogP contribution >= 0.6 is 0 Å². The van der Waals surface area contributed by atoms with Crippen molar-refractivity contribution in [2.45, 2.75) is 19.1 Å². The van der Waals surface area contributed by atoms with Gasteiger partial charge in [-0.15, -0.1) is 0 Å². The highest BCUT2D eigenvalue weighted by Gasteiger charge is 2.35. The Balaban J connectivity index is 1.59. The molecule has 0 saturated carbocycles. The number of carbonyl (C=O) groups is 1. The van der Waals surface area contributed by atoms with Crippen LogP contribution in [0.5, 0.6) is 0 Å². The van der Waals surface area contributed by atoms with Gasteiger partial charge in [-0.2, -0.15) is 18.2 Å². The Morgan fingerprint density at radius 3 is 2.65 bits per heavy atom. The van der Waals surface area contributed by atoms with Crippen LogP contribution in [-0.2, 0) is 34.0 Å². The van der Waals surface area contributed by atoms with E-state index in [2.05, 4.69) is 30.6 Å². The zero-order valence-corrected chi connectivity index (χ0v) is 18.5. The lowest BCUT2D eigenvalue weighted by molar-refractivity contribution is -0.137. The molecule has 9 nitrogen and oxygen atoms in total. The standard InChI is InChI=1S/C21H19F3N6O3S/c1-34(32,33)30-13-5-2-4-12(8-13)10-25-19-15(21(22,23)24)11-26-20(29-19)28-17-7-3-6-16-14(17)9-18(31)27-16/h2-8,11,30H,9-10H2,1H3,(H,27,31)(H2,25,26,28,29). The summed E-state index contributed by atoms with van der Waals surface area (Å²) in [5.74, 6) is -0.725. The Bertz CT molecular complexity index is 1360. The van der Waals surface area contributed by atoms with Crippen molar-refractivity contribution in [2.75, 3.05) is 26.9 Å². The molecule has 3 aromatic rings. The van der Waals surface area contributed by atoms with Crippen LogP contribution in [0.25, 0.3) is 0 Å². The fourth-order valence-corrected chi connectivity index (χ4v) is 3.97. The van der Waals surface area contributed by atoms with E-state index in [1.165, 1.54) is 12.1 Å². The third-order valence-corrected chi connectivity index (χ3v) is 5.42. The van der Waals surface area contributed by atoms with Crippen LogP contribution in [0.2, 0.25) is 0 Å². The average molecular weight is 492 g/mol.